The first-order valence-corrected chi connectivity index (χ1v) is 7.63. The third-order valence-electron chi connectivity index (χ3n) is 3.51. The van der Waals surface area contributed by atoms with Crippen LogP contribution in [0.4, 0.5) is 11.4 Å². The van der Waals surface area contributed by atoms with Gasteiger partial charge in [0.05, 0.1) is 11.1 Å². The van der Waals surface area contributed by atoms with E-state index in [4.69, 9.17) is 4.74 Å². The van der Waals surface area contributed by atoms with Crippen LogP contribution in [0.2, 0.25) is 0 Å². The number of ether oxygens (including phenoxy) is 1. The average molecular weight is 350 g/mol. The number of carbonyl (C=O) groups is 1. The van der Waals surface area contributed by atoms with Crippen LogP contribution in [-0.4, -0.2) is 20.8 Å². The number of aryl methyl sites for hydroxylation is 1. The van der Waals surface area contributed by atoms with Crippen molar-refractivity contribution in [3.05, 3.63) is 82.3 Å². The number of nitro benzene ring substituents is 1. The Morgan fingerprint density at radius 3 is 2.73 bits per heavy atom. The van der Waals surface area contributed by atoms with E-state index in [9.17, 15) is 14.9 Å². The molecule has 0 atom stereocenters. The average Bonchev–Trinajstić information content (AvgIpc) is 2.62. The molecule has 0 aliphatic rings. The predicted molar refractivity (Wildman–Crippen MR) is 94.3 cm³/mol. The molecule has 0 spiro atoms. The number of amides is 1. The maximum atomic E-state index is 12.4. The summed E-state index contributed by atoms with van der Waals surface area (Å²) in [5, 5.41) is 13.6. The van der Waals surface area contributed by atoms with Gasteiger partial charge < -0.3 is 10.1 Å². The molecule has 8 nitrogen and oxygen atoms in total. The van der Waals surface area contributed by atoms with Crippen molar-refractivity contribution in [2.75, 3.05) is 5.32 Å². The maximum Gasteiger partial charge on any atom is 0.272 e. The molecule has 0 bridgehead atoms. The molecule has 1 N–H and O–H groups in total. The Bertz CT molecular complexity index is 960. The molecular formula is C18H14N4O4. The lowest BCUT2D eigenvalue weighted by molar-refractivity contribution is -0.385. The normalized spacial score (nSPS) is 10.2. The molecule has 1 aromatic heterocycles. The van der Waals surface area contributed by atoms with E-state index < -0.39 is 4.92 Å². The Hall–Kier alpha value is -3.81. The Balaban J connectivity index is 1.74. The number of nitrogens with one attached hydrogen (secondary N) is 1. The molecule has 1 heterocycles. The molecule has 2 aromatic carbocycles. The summed E-state index contributed by atoms with van der Waals surface area (Å²) in [5.74, 6) is 0.449. The van der Waals surface area contributed by atoms with E-state index in [0.717, 1.165) is 0 Å². The fourth-order valence-corrected chi connectivity index (χ4v) is 2.30. The van der Waals surface area contributed by atoms with Crippen LogP contribution < -0.4 is 10.1 Å². The van der Waals surface area contributed by atoms with Gasteiger partial charge in [0.2, 0.25) is 5.88 Å². The van der Waals surface area contributed by atoms with Crippen molar-refractivity contribution in [2.45, 2.75) is 6.92 Å². The van der Waals surface area contributed by atoms with E-state index in [0.29, 0.717) is 28.4 Å². The molecule has 0 unspecified atom stereocenters. The van der Waals surface area contributed by atoms with Crippen molar-refractivity contribution in [3.63, 3.8) is 0 Å². The van der Waals surface area contributed by atoms with E-state index >= 15 is 0 Å². The van der Waals surface area contributed by atoms with E-state index in [1.807, 2.05) is 0 Å². The van der Waals surface area contributed by atoms with Crippen LogP contribution >= 0.6 is 0 Å². The Morgan fingerprint density at radius 2 is 2.04 bits per heavy atom. The highest BCUT2D eigenvalue weighted by molar-refractivity contribution is 6.04. The van der Waals surface area contributed by atoms with Gasteiger partial charge in [-0.05, 0) is 31.2 Å². The first kappa shape index (κ1) is 17.0. The first-order valence-electron chi connectivity index (χ1n) is 7.63. The van der Waals surface area contributed by atoms with Crippen LogP contribution in [0.3, 0.4) is 0 Å². The number of anilines is 1. The predicted octanol–water partition coefficient (Wildman–Crippen LogP) is 3.74. The van der Waals surface area contributed by atoms with Crippen molar-refractivity contribution in [1.82, 2.24) is 9.97 Å². The third kappa shape index (κ3) is 3.99. The van der Waals surface area contributed by atoms with Gasteiger partial charge in [-0.2, -0.15) is 0 Å². The van der Waals surface area contributed by atoms with Gasteiger partial charge in [-0.15, -0.1) is 0 Å². The number of benzene rings is 2. The lowest BCUT2D eigenvalue weighted by Gasteiger charge is -2.09. The van der Waals surface area contributed by atoms with Crippen LogP contribution in [0, 0.1) is 17.0 Å². The summed E-state index contributed by atoms with van der Waals surface area (Å²) in [6.07, 6.45) is 4.53. The lowest BCUT2D eigenvalue weighted by atomic mass is 10.1. The van der Waals surface area contributed by atoms with Gasteiger partial charge in [0.15, 0.2) is 0 Å². The number of nitrogens with zero attached hydrogens (tertiary/aromatic N) is 3. The molecule has 130 valence electrons. The molecule has 0 radical (unpaired) electrons. The second kappa shape index (κ2) is 7.39. The molecule has 3 rings (SSSR count). The molecule has 0 aliphatic heterocycles. The third-order valence-corrected chi connectivity index (χ3v) is 3.51. The van der Waals surface area contributed by atoms with Crippen LogP contribution in [-0.2, 0) is 0 Å². The van der Waals surface area contributed by atoms with Crippen LogP contribution in [0.1, 0.15) is 15.9 Å². The van der Waals surface area contributed by atoms with E-state index in [2.05, 4.69) is 15.3 Å². The van der Waals surface area contributed by atoms with Gasteiger partial charge in [-0.1, -0.05) is 6.07 Å². The van der Waals surface area contributed by atoms with Gasteiger partial charge in [0.1, 0.15) is 5.75 Å². The summed E-state index contributed by atoms with van der Waals surface area (Å²) in [5.41, 5.74) is 1.24. The van der Waals surface area contributed by atoms with E-state index in [-0.39, 0.29) is 11.6 Å². The summed E-state index contributed by atoms with van der Waals surface area (Å²) in [7, 11) is 0. The molecule has 3 aromatic rings. The first-order chi connectivity index (χ1) is 12.5. The summed E-state index contributed by atoms with van der Waals surface area (Å²) >= 11 is 0. The fraction of sp³-hybridized carbons (Fsp3) is 0.0556. The topological polar surface area (TPSA) is 107 Å². The van der Waals surface area contributed by atoms with Crippen molar-refractivity contribution >= 4 is 17.3 Å². The molecule has 26 heavy (non-hydrogen) atoms. The number of aromatic nitrogens is 2. The highest BCUT2D eigenvalue weighted by Crippen LogP contribution is 2.23. The molecule has 0 saturated carbocycles. The number of rotatable bonds is 5. The molecule has 0 saturated heterocycles. The summed E-state index contributed by atoms with van der Waals surface area (Å²) in [4.78, 5) is 30.7. The Morgan fingerprint density at radius 1 is 1.19 bits per heavy atom. The zero-order valence-electron chi connectivity index (χ0n) is 13.7. The molecule has 1 amide bonds. The standard InChI is InChI=1S/C18H14N4O4/c1-12-9-13(5-6-16(12)22(24)25)18(23)21-14-3-2-4-15(10-14)26-17-11-19-7-8-20-17/h2-11H,1H3,(H,21,23). The molecular weight excluding hydrogens is 336 g/mol. The highest BCUT2D eigenvalue weighted by Gasteiger charge is 2.14. The monoisotopic (exact) mass is 350 g/mol. The number of hydrogen-bond acceptors (Lipinski definition) is 6. The van der Waals surface area contributed by atoms with Gasteiger partial charge >= 0.3 is 0 Å². The fourth-order valence-electron chi connectivity index (χ4n) is 2.30. The zero-order chi connectivity index (χ0) is 18.5. The SMILES string of the molecule is Cc1cc(C(=O)Nc2cccc(Oc3cnccn3)c2)ccc1[N+](=O)[O-]. The maximum absolute atomic E-state index is 12.4. The van der Waals surface area contributed by atoms with Crippen molar-refractivity contribution < 1.29 is 14.5 Å². The van der Waals surface area contributed by atoms with Crippen molar-refractivity contribution in [3.8, 4) is 11.6 Å². The van der Waals surface area contributed by atoms with E-state index in [1.165, 1.54) is 36.8 Å². The number of nitro groups is 1. The van der Waals surface area contributed by atoms with Gasteiger partial charge in [0.25, 0.3) is 11.6 Å². The number of hydrogen-bond donors (Lipinski definition) is 1. The molecule has 0 fully saturated rings. The Labute approximate surface area is 148 Å². The minimum absolute atomic E-state index is 0.0269. The second-order valence-electron chi connectivity index (χ2n) is 5.39. The molecule has 8 heteroatoms. The van der Waals surface area contributed by atoms with E-state index in [1.54, 1.807) is 31.2 Å². The van der Waals surface area contributed by atoms with Crippen molar-refractivity contribution in [1.29, 1.82) is 0 Å². The van der Waals surface area contributed by atoms with Gasteiger partial charge in [-0.25, -0.2) is 4.98 Å². The quantitative estimate of drug-likeness (QED) is 0.555. The summed E-state index contributed by atoms with van der Waals surface area (Å²) in [6, 6.07) is 11.0. The largest absolute Gasteiger partial charge is 0.437 e. The van der Waals surface area contributed by atoms with Gasteiger partial charge in [-0.3, -0.25) is 19.9 Å². The van der Waals surface area contributed by atoms with Crippen LogP contribution in [0.15, 0.2) is 61.1 Å². The highest BCUT2D eigenvalue weighted by atomic mass is 16.6. The lowest BCUT2D eigenvalue weighted by Crippen LogP contribution is -2.12. The van der Waals surface area contributed by atoms with Crippen molar-refractivity contribution in [2.24, 2.45) is 0 Å². The summed E-state index contributed by atoms with van der Waals surface area (Å²) < 4.78 is 5.57. The van der Waals surface area contributed by atoms with Crippen LogP contribution in [0.5, 0.6) is 11.6 Å². The molecule has 0 aliphatic carbocycles. The zero-order valence-corrected chi connectivity index (χ0v) is 13.7. The minimum Gasteiger partial charge on any atom is -0.437 e. The summed E-state index contributed by atoms with van der Waals surface area (Å²) in [6.45, 7) is 1.59. The Kier molecular flexibility index (Phi) is 4.84. The smallest absolute Gasteiger partial charge is 0.272 e. The van der Waals surface area contributed by atoms with Gasteiger partial charge in [0, 0.05) is 41.3 Å². The second-order valence-corrected chi connectivity index (χ2v) is 5.39. The minimum atomic E-state index is -0.482. The number of carbonyl (C=O) groups excluding carboxylic acids is 1. The van der Waals surface area contributed by atoms with Crippen LogP contribution in [0.25, 0.3) is 0 Å².